The van der Waals surface area contributed by atoms with E-state index >= 15 is 0 Å². The minimum Gasteiger partial charge on any atom is -0.491 e. The van der Waals surface area contributed by atoms with Crippen LogP contribution in [0.5, 0.6) is 5.75 Å². The van der Waals surface area contributed by atoms with Gasteiger partial charge in [-0.2, -0.15) is 10.2 Å². The number of carbonyl (C=O) groups is 1. The van der Waals surface area contributed by atoms with Crippen LogP contribution in [0.1, 0.15) is 32.5 Å². The van der Waals surface area contributed by atoms with Gasteiger partial charge in [-0.1, -0.05) is 0 Å². The number of aryl methyl sites for hydroxylation is 1. The Balaban J connectivity index is 1.74. The van der Waals surface area contributed by atoms with E-state index in [0.29, 0.717) is 22.9 Å². The number of carboxylic acids is 1. The van der Waals surface area contributed by atoms with Gasteiger partial charge in [0.2, 0.25) is 0 Å². The minimum atomic E-state index is -0.946. The molecule has 0 amide bonds. The molecule has 0 saturated heterocycles. The molecule has 0 aliphatic rings. The highest BCUT2D eigenvalue weighted by Crippen LogP contribution is 2.29. The molecule has 1 unspecified atom stereocenters. The number of hydrogen-bond donors (Lipinski definition) is 2. The lowest BCUT2D eigenvalue weighted by Gasteiger charge is -2.09. The summed E-state index contributed by atoms with van der Waals surface area (Å²) in [7, 11) is 0. The van der Waals surface area contributed by atoms with Crippen molar-refractivity contribution in [1.29, 1.82) is 0 Å². The van der Waals surface area contributed by atoms with Gasteiger partial charge in [-0.05, 0) is 58.0 Å². The van der Waals surface area contributed by atoms with E-state index in [4.69, 9.17) is 4.74 Å². The van der Waals surface area contributed by atoms with Gasteiger partial charge in [-0.3, -0.25) is 9.78 Å². The van der Waals surface area contributed by atoms with Crippen LogP contribution in [0.4, 0.5) is 0 Å². The standard InChI is InChI=1S/C21H22N6O3/c1-11(2)30-14-5-6-16-15(10-14)19(25-24-16)20-22-8-7-17(23-20)18-9-12(3)27(26-18)13(4)21(28)29/h5-11,13H,1-4H3,(H,24,25)(H,28,29). The fourth-order valence-corrected chi connectivity index (χ4v) is 3.23. The van der Waals surface area contributed by atoms with Crippen LogP contribution in [-0.2, 0) is 4.79 Å². The van der Waals surface area contributed by atoms with Crippen LogP contribution in [-0.4, -0.2) is 47.1 Å². The van der Waals surface area contributed by atoms with Crippen molar-refractivity contribution < 1.29 is 14.6 Å². The lowest BCUT2D eigenvalue weighted by Crippen LogP contribution is -2.17. The molecule has 1 atom stereocenters. The average molecular weight is 406 g/mol. The number of aliphatic carboxylic acids is 1. The second-order valence-electron chi connectivity index (χ2n) is 7.34. The molecule has 154 valence electrons. The van der Waals surface area contributed by atoms with Crippen LogP contribution >= 0.6 is 0 Å². The third-order valence-corrected chi connectivity index (χ3v) is 4.68. The molecule has 9 heteroatoms. The Labute approximate surface area is 172 Å². The number of hydrogen-bond acceptors (Lipinski definition) is 6. The Morgan fingerprint density at radius 3 is 2.70 bits per heavy atom. The van der Waals surface area contributed by atoms with Crippen LogP contribution in [0.15, 0.2) is 36.5 Å². The largest absolute Gasteiger partial charge is 0.491 e. The first-order valence-corrected chi connectivity index (χ1v) is 9.61. The highest BCUT2D eigenvalue weighted by atomic mass is 16.5. The Bertz CT molecular complexity index is 1230. The number of carboxylic acid groups (broad SMARTS) is 1. The second kappa shape index (κ2) is 7.58. The normalized spacial score (nSPS) is 12.4. The number of nitrogens with one attached hydrogen (secondary N) is 1. The SMILES string of the molecule is Cc1cc(-c2ccnc(-c3n[nH]c4ccc(OC(C)C)cc34)n2)nn1C(C)C(=O)O. The van der Waals surface area contributed by atoms with E-state index in [2.05, 4.69) is 25.3 Å². The van der Waals surface area contributed by atoms with Crippen molar-refractivity contribution >= 4 is 16.9 Å². The maximum atomic E-state index is 11.3. The van der Waals surface area contributed by atoms with Gasteiger partial charge in [0.05, 0.1) is 17.3 Å². The van der Waals surface area contributed by atoms with Gasteiger partial charge in [0.25, 0.3) is 0 Å². The van der Waals surface area contributed by atoms with Crippen LogP contribution in [0.25, 0.3) is 33.8 Å². The van der Waals surface area contributed by atoms with E-state index < -0.39 is 12.0 Å². The first kappa shape index (κ1) is 19.6. The molecular formula is C21H22N6O3. The maximum absolute atomic E-state index is 11.3. The summed E-state index contributed by atoms with van der Waals surface area (Å²) in [6, 6.07) is 8.49. The lowest BCUT2D eigenvalue weighted by molar-refractivity contribution is -0.140. The number of fused-ring (bicyclic) bond motifs is 1. The van der Waals surface area contributed by atoms with E-state index in [-0.39, 0.29) is 6.10 Å². The minimum absolute atomic E-state index is 0.0592. The molecule has 0 spiro atoms. The molecule has 4 rings (SSSR count). The predicted octanol–water partition coefficient (Wildman–Crippen LogP) is 3.62. The Kier molecular flexibility index (Phi) is 4.94. The van der Waals surface area contributed by atoms with Crippen molar-refractivity contribution in [3.05, 3.63) is 42.2 Å². The first-order valence-electron chi connectivity index (χ1n) is 9.61. The lowest BCUT2D eigenvalue weighted by atomic mass is 10.2. The van der Waals surface area contributed by atoms with Crippen molar-refractivity contribution in [3.8, 4) is 28.7 Å². The van der Waals surface area contributed by atoms with Crippen molar-refractivity contribution in [2.24, 2.45) is 0 Å². The smallest absolute Gasteiger partial charge is 0.328 e. The average Bonchev–Trinajstić information content (AvgIpc) is 3.30. The molecule has 9 nitrogen and oxygen atoms in total. The number of ether oxygens (including phenoxy) is 1. The number of benzene rings is 1. The molecule has 1 aromatic carbocycles. The molecule has 4 aromatic rings. The molecular weight excluding hydrogens is 384 g/mol. The Morgan fingerprint density at radius 1 is 1.17 bits per heavy atom. The monoisotopic (exact) mass is 406 g/mol. The zero-order chi connectivity index (χ0) is 21.4. The molecule has 0 bridgehead atoms. The van der Waals surface area contributed by atoms with E-state index in [0.717, 1.165) is 22.3 Å². The fraction of sp³-hybridized carbons (Fsp3) is 0.286. The van der Waals surface area contributed by atoms with Crippen molar-refractivity contribution in [3.63, 3.8) is 0 Å². The van der Waals surface area contributed by atoms with Gasteiger partial charge >= 0.3 is 5.97 Å². The molecule has 2 N–H and O–H groups in total. The van der Waals surface area contributed by atoms with E-state index in [1.165, 1.54) is 4.68 Å². The third-order valence-electron chi connectivity index (χ3n) is 4.68. The first-order chi connectivity index (χ1) is 14.3. The summed E-state index contributed by atoms with van der Waals surface area (Å²) >= 11 is 0. The summed E-state index contributed by atoms with van der Waals surface area (Å²) in [6.45, 7) is 7.35. The molecule has 3 heterocycles. The highest BCUT2D eigenvalue weighted by molar-refractivity contribution is 5.92. The van der Waals surface area contributed by atoms with E-state index in [1.807, 2.05) is 45.0 Å². The topological polar surface area (TPSA) is 119 Å². The summed E-state index contributed by atoms with van der Waals surface area (Å²) in [5, 5.41) is 21.9. The molecule has 0 saturated carbocycles. The van der Waals surface area contributed by atoms with Gasteiger partial charge in [-0.25, -0.2) is 14.8 Å². The van der Waals surface area contributed by atoms with Gasteiger partial charge in [0, 0.05) is 17.3 Å². The number of aromatic nitrogens is 6. The fourth-order valence-electron chi connectivity index (χ4n) is 3.23. The second-order valence-corrected chi connectivity index (χ2v) is 7.34. The van der Waals surface area contributed by atoms with Gasteiger partial charge < -0.3 is 9.84 Å². The summed E-state index contributed by atoms with van der Waals surface area (Å²) in [4.78, 5) is 20.3. The summed E-state index contributed by atoms with van der Waals surface area (Å²) in [5.74, 6) is 0.241. The number of H-pyrrole nitrogens is 1. The van der Waals surface area contributed by atoms with Crippen LogP contribution in [0, 0.1) is 6.92 Å². The van der Waals surface area contributed by atoms with Crippen LogP contribution in [0.2, 0.25) is 0 Å². The summed E-state index contributed by atoms with van der Waals surface area (Å²) in [6.07, 6.45) is 1.70. The quantitative estimate of drug-likeness (QED) is 0.502. The number of rotatable bonds is 6. The van der Waals surface area contributed by atoms with Gasteiger partial charge in [-0.15, -0.1) is 0 Å². The van der Waals surface area contributed by atoms with Crippen molar-refractivity contribution in [1.82, 2.24) is 29.9 Å². The number of nitrogens with zero attached hydrogens (tertiary/aromatic N) is 5. The summed E-state index contributed by atoms with van der Waals surface area (Å²) in [5.41, 5.74) is 3.36. The molecule has 0 aliphatic heterocycles. The zero-order valence-corrected chi connectivity index (χ0v) is 17.1. The van der Waals surface area contributed by atoms with E-state index in [9.17, 15) is 9.90 Å². The van der Waals surface area contributed by atoms with Gasteiger partial charge in [0.1, 0.15) is 23.2 Å². The molecule has 0 aliphatic carbocycles. The maximum Gasteiger partial charge on any atom is 0.328 e. The molecule has 0 fully saturated rings. The highest BCUT2D eigenvalue weighted by Gasteiger charge is 2.19. The van der Waals surface area contributed by atoms with E-state index in [1.54, 1.807) is 19.2 Å². The summed E-state index contributed by atoms with van der Waals surface area (Å²) < 4.78 is 7.26. The predicted molar refractivity (Wildman–Crippen MR) is 111 cm³/mol. The van der Waals surface area contributed by atoms with Crippen molar-refractivity contribution in [2.75, 3.05) is 0 Å². The molecule has 0 radical (unpaired) electrons. The molecule has 30 heavy (non-hydrogen) atoms. The van der Waals surface area contributed by atoms with Gasteiger partial charge in [0.15, 0.2) is 5.82 Å². The van der Waals surface area contributed by atoms with Crippen LogP contribution < -0.4 is 4.74 Å². The molecule has 3 aromatic heterocycles. The number of aromatic amines is 1. The van der Waals surface area contributed by atoms with Crippen LogP contribution in [0.3, 0.4) is 0 Å². The Hall–Kier alpha value is -3.75. The third kappa shape index (κ3) is 3.61. The Morgan fingerprint density at radius 2 is 1.97 bits per heavy atom. The van der Waals surface area contributed by atoms with Crippen molar-refractivity contribution in [2.45, 2.75) is 39.8 Å². The zero-order valence-electron chi connectivity index (χ0n) is 17.1.